The largest absolute Gasteiger partial charge is 0.379 e. The third-order valence-electron chi connectivity index (χ3n) is 3.68. The number of nitrogens with one attached hydrogen (secondary N) is 1. The van der Waals surface area contributed by atoms with Gasteiger partial charge < -0.3 is 10.1 Å². The molecule has 2 rings (SSSR count). The van der Waals surface area contributed by atoms with Gasteiger partial charge in [-0.25, -0.2) is 0 Å². The Balaban J connectivity index is 2.15. The highest BCUT2D eigenvalue weighted by Crippen LogP contribution is 2.25. The van der Waals surface area contributed by atoms with E-state index in [0.29, 0.717) is 6.04 Å². The molecule has 2 heteroatoms. The zero-order valence-corrected chi connectivity index (χ0v) is 12.0. The first-order valence-corrected chi connectivity index (χ1v) is 6.88. The van der Waals surface area contributed by atoms with Gasteiger partial charge in [0.05, 0.1) is 13.2 Å². The van der Waals surface area contributed by atoms with Crippen molar-refractivity contribution in [1.29, 1.82) is 0 Å². The van der Waals surface area contributed by atoms with Crippen molar-refractivity contribution in [2.45, 2.75) is 45.6 Å². The Kier molecular flexibility index (Phi) is 4.08. The standard InChI is InChI=1S/C16H25NO/c1-12-5-6-14(16(2,3)4)9-13(12)10-15-11-18-8-7-17-15/h5-6,9,15,17H,7-8,10-11H2,1-4H3. The van der Waals surface area contributed by atoms with Crippen LogP contribution in [0.1, 0.15) is 37.5 Å². The van der Waals surface area contributed by atoms with Crippen molar-refractivity contribution < 1.29 is 4.74 Å². The molecule has 1 atom stereocenters. The number of ether oxygens (including phenoxy) is 1. The molecule has 1 aliphatic heterocycles. The van der Waals surface area contributed by atoms with Crippen molar-refractivity contribution >= 4 is 0 Å². The zero-order chi connectivity index (χ0) is 13.2. The van der Waals surface area contributed by atoms with Crippen LogP contribution in [0, 0.1) is 6.92 Å². The van der Waals surface area contributed by atoms with Crippen molar-refractivity contribution in [1.82, 2.24) is 5.32 Å². The van der Waals surface area contributed by atoms with Crippen molar-refractivity contribution in [2.75, 3.05) is 19.8 Å². The lowest BCUT2D eigenvalue weighted by Crippen LogP contribution is -2.42. The van der Waals surface area contributed by atoms with E-state index in [4.69, 9.17) is 4.74 Å². The monoisotopic (exact) mass is 247 g/mol. The molecule has 1 aromatic carbocycles. The molecule has 0 saturated carbocycles. The molecular weight excluding hydrogens is 222 g/mol. The maximum atomic E-state index is 5.53. The van der Waals surface area contributed by atoms with Crippen molar-refractivity contribution in [3.8, 4) is 0 Å². The van der Waals surface area contributed by atoms with E-state index in [-0.39, 0.29) is 5.41 Å². The number of hydrogen-bond donors (Lipinski definition) is 1. The van der Waals surface area contributed by atoms with Gasteiger partial charge in [0.15, 0.2) is 0 Å². The lowest BCUT2D eigenvalue weighted by Gasteiger charge is -2.26. The molecule has 0 aliphatic carbocycles. The Morgan fingerprint density at radius 3 is 2.72 bits per heavy atom. The van der Waals surface area contributed by atoms with Gasteiger partial charge in [-0.15, -0.1) is 0 Å². The smallest absolute Gasteiger partial charge is 0.0623 e. The minimum atomic E-state index is 0.221. The SMILES string of the molecule is Cc1ccc(C(C)(C)C)cc1CC1COCCN1. The molecule has 1 fully saturated rings. The average Bonchev–Trinajstić information content (AvgIpc) is 2.32. The normalized spacial score (nSPS) is 21.0. The van der Waals surface area contributed by atoms with Crippen molar-refractivity contribution in [3.63, 3.8) is 0 Å². The van der Waals surface area contributed by atoms with E-state index >= 15 is 0 Å². The summed E-state index contributed by atoms with van der Waals surface area (Å²) in [4.78, 5) is 0. The van der Waals surface area contributed by atoms with Crippen LogP contribution in [0.2, 0.25) is 0 Å². The average molecular weight is 247 g/mol. The number of aryl methyl sites for hydroxylation is 1. The second kappa shape index (κ2) is 5.41. The Hall–Kier alpha value is -0.860. The molecule has 0 bridgehead atoms. The van der Waals surface area contributed by atoms with E-state index in [0.717, 1.165) is 26.2 Å². The Bertz CT molecular complexity index is 400. The molecule has 0 amide bonds. The van der Waals surface area contributed by atoms with Crippen molar-refractivity contribution in [3.05, 3.63) is 34.9 Å². The Morgan fingerprint density at radius 1 is 1.33 bits per heavy atom. The predicted molar refractivity (Wildman–Crippen MR) is 76.2 cm³/mol. The Morgan fingerprint density at radius 2 is 2.11 bits per heavy atom. The molecule has 100 valence electrons. The maximum Gasteiger partial charge on any atom is 0.0623 e. The van der Waals surface area contributed by atoms with E-state index < -0.39 is 0 Å². The molecule has 1 unspecified atom stereocenters. The van der Waals surface area contributed by atoms with Gasteiger partial charge in [0.25, 0.3) is 0 Å². The summed E-state index contributed by atoms with van der Waals surface area (Å²) in [5.74, 6) is 0. The fourth-order valence-electron chi connectivity index (χ4n) is 2.37. The molecule has 1 aromatic rings. The van der Waals surface area contributed by atoms with E-state index in [1.54, 1.807) is 0 Å². The topological polar surface area (TPSA) is 21.3 Å². The van der Waals surface area contributed by atoms with Gasteiger partial charge in [0, 0.05) is 12.6 Å². The highest BCUT2D eigenvalue weighted by atomic mass is 16.5. The van der Waals surface area contributed by atoms with Gasteiger partial charge in [-0.2, -0.15) is 0 Å². The molecule has 1 aliphatic rings. The minimum Gasteiger partial charge on any atom is -0.379 e. The van der Waals surface area contributed by atoms with Crippen LogP contribution in [0.5, 0.6) is 0 Å². The Labute approximate surface area is 111 Å². The lowest BCUT2D eigenvalue weighted by molar-refractivity contribution is 0.0769. The van der Waals surface area contributed by atoms with Crippen LogP contribution in [-0.4, -0.2) is 25.8 Å². The summed E-state index contributed by atoms with van der Waals surface area (Å²) < 4.78 is 5.53. The van der Waals surface area contributed by atoms with E-state index in [2.05, 4.69) is 51.2 Å². The van der Waals surface area contributed by atoms with Crippen LogP contribution in [-0.2, 0) is 16.6 Å². The van der Waals surface area contributed by atoms with Crippen LogP contribution in [0.3, 0.4) is 0 Å². The molecule has 1 N–H and O–H groups in total. The first-order valence-electron chi connectivity index (χ1n) is 6.88. The fourth-order valence-corrected chi connectivity index (χ4v) is 2.37. The molecule has 0 radical (unpaired) electrons. The van der Waals surface area contributed by atoms with Crippen LogP contribution >= 0.6 is 0 Å². The van der Waals surface area contributed by atoms with Crippen LogP contribution in [0.25, 0.3) is 0 Å². The second-order valence-electron chi connectivity index (χ2n) is 6.32. The van der Waals surface area contributed by atoms with Crippen molar-refractivity contribution in [2.24, 2.45) is 0 Å². The molecular formula is C16H25NO. The highest BCUT2D eigenvalue weighted by Gasteiger charge is 2.18. The molecule has 0 spiro atoms. The number of rotatable bonds is 2. The third-order valence-corrected chi connectivity index (χ3v) is 3.68. The summed E-state index contributed by atoms with van der Waals surface area (Å²) in [5.41, 5.74) is 4.47. The summed E-state index contributed by atoms with van der Waals surface area (Å²) in [6, 6.07) is 7.34. The molecule has 2 nitrogen and oxygen atoms in total. The molecule has 0 aromatic heterocycles. The quantitative estimate of drug-likeness (QED) is 0.867. The molecule has 1 saturated heterocycles. The van der Waals surface area contributed by atoms with Gasteiger partial charge in [0.1, 0.15) is 0 Å². The number of morpholine rings is 1. The second-order valence-corrected chi connectivity index (χ2v) is 6.32. The summed E-state index contributed by atoms with van der Waals surface area (Å²) in [6.45, 7) is 11.7. The first-order chi connectivity index (χ1) is 8.47. The third kappa shape index (κ3) is 3.33. The van der Waals surface area contributed by atoms with Crippen LogP contribution < -0.4 is 5.32 Å². The van der Waals surface area contributed by atoms with Gasteiger partial charge in [0.2, 0.25) is 0 Å². The van der Waals surface area contributed by atoms with E-state index in [1.165, 1.54) is 16.7 Å². The van der Waals surface area contributed by atoms with Gasteiger partial charge in [-0.3, -0.25) is 0 Å². The van der Waals surface area contributed by atoms with Gasteiger partial charge in [-0.05, 0) is 35.4 Å². The summed E-state index contributed by atoms with van der Waals surface area (Å²) in [6.07, 6.45) is 1.07. The molecule has 1 heterocycles. The summed E-state index contributed by atoms with van der Waals surface area (Å²) in [7, 11) is 0. The number of benzene rings is 1. The fraction of sp³-hybridized carbons (Fsp3) is 0.625. The first kappa shape index (κ1) is 13.6. The minimum absolute atomic E-state index is 0.221. The van der Waals surface area contributed by atoms with E-state index in [9.17, 15) is 0 Å². The van der Waals surface area contributed by atoms with Gasteiger partial charge in [-0.1, -0.05) is 39.0 Å². The highest BCUT2D eigenvalue weighted by molar-refractivity contribution is 5.35. The number of hydrogen-bond acceptors (Lipinski definition) is 2. The predicted octanol–water partition coefficient (Wildman–Crippen LogP) is 2.82. The summed E-state index contributed by atoms with van der Waals surface area (Å²) >= 11 is 0. The summed E-state index contributed by atoms with van der Waals surface area (Å²) in [5, 5.41) is 3.53. The maximum absolute atomic E-state index is 5.53. The van der Waals surface area contributed by atoms with E-state index in [1.807, 2.05) is 0 Å². The zero-order valence-electron chi connectivity index (χ0n) is 12.0. The van der Waals surface area contributed by atoms with Crippen LogP contribution in [0.15, 0.2) is 18.2 Å². The lowest BCUT2D eigenvalue weighted by atomic mass is 9.84. The van der Waals surface area contributed by atoms with Gasteiger partial charge >= 0.3 is 0 Å². The van der Waals surface area contributed by atoms with Crippen LogP contribution in [0.4, 0.5) is 0 Å². The molecule has 18 heavy (non-hydrogen) atoms.